The Bertz CT molecular complexity index is 357. The van der Waals surface area contributed by atoms with Gasteiger partial charge in [0.25, 0.3) is 0 Å². The Kier molecular flexibility index (Phi) is 1.95. The van der Waals surface area contributed by atoms with Gasteiger partial charge in [0.1, 0.15) is 13.2 Å². The number of anilines is 1. The summed E-state index contributed by atoms with van der Waals surface area (Å²) in [5, 5.41) is 12.3. The lowest BCUT2D eigenvalue weighted by Gasteiger charge is -2.19. The molecule has 2 aliphatic heterocycles. The number of benzene rings is 1. The van der Waals surface area contributed by atoms with Gasteiger partial charge >= 0.3 is 0 Å². The van der Waals surface area contributed by atoms with E-state index in [0.717, 1.165) is 23.6 Å². The van der Waals surface area contributed by atoms with Crippen LogP contribution in [0.5, 0.6) is 11.5 Å². The zero-order chi connectivity index (χ0) is 10.3. The molecular formula is C11H13NO3. The van der Waals surface area contributed by atoms with Gasteiger partial charge in [-0.25, -0.2) is 0 Å². The lowest BCUT2D eigenvalue weighted by Crippen LogP contribution is -2.19. The molecular weight excluding hydrogens is 194 g/mol. The van der Waals surface area contributed by atoms with Gasteiger partial charge in [0.15, 0.2) is 11.5 Å². The fourth-order valence-electron chi connectivity index (χ4n) is 2.08. The Morgan fingerprint density at radius 2 is 2.00 bits per heavy atom. The first kappa shape index (κ1) is 8.85. The molecule has 1 unspecified atom stereocenters. The smallest absolute Gasteiger partial charge is 0.163 e. The molecule has 2 aliphatic rings. The van der Waals surface area contributed by atoms with Crippen molar-refractivity contribution in [2.75, 3.05) is 25.1 Å². The van der Waals surface area contributed by atoms with Gasteiger partial charge in [-0.15, -0.1) is 0 Å². The average molecular weight is 207 g/mol. The largest absolute Gasteiger partial charge is 0.486 e. The molecule has 4 heteroatoms. The maximum absolute atomic E-state index is 9.08. The van der Waals surface area contributed by atoms with Crippen LogP contribution in [0.4, 0.5) is 5.69 Å². The Hall–Kier alpha value is -1.42. The van der Waals surface area contributed by atoms with Crippen molar-refractivity contribution < 1.29 is 14.6 Å². The predicted molar refractivity (Wildman–Crippen MR) is 55.6 cm³/mol. The fourth-order valence-corrected chi connectivity index (χ4v) is 2.08. The normalized spacial score (nSPS) is 22.1. The number of hydrogen-bond donors (Lipinski definition) is 2. The van der Waals surface area contributed by atoms with E-state index in [4.69, 9.17) is 14.6 Å². The molecule has 80 valence electrons. The summed E-state index contributed by atoms with van der Waals surface area (Å²) in [5.41, 5.74) is 2.25. The fraction of sp³-hybridized carbons (Fsp3) is 0.455. The number of aliphatic hydroxyl groups is 1. The molecule has 0 saturated heterocycles. The second-order valence-corrected chi connectivity index (χ2v) is 3.88. The third kappa shape index (κ3) is 1.41. The highest BCUT2D eigenvalue weighted by atomic mass is 16.6. The molecule has 0 aromatic heterocycles. The van der Waals surface area contributed by atoms with Crippen LogP contribution in [-0.2, 0) is 6.42 Å². The van der Waals surface area contributed by atoms with E-state index in [2.05, 4.69) is 5.32 Å². The number of ether oxygens (including phenoxy) is 2. The van der Waals surface area contributed by atoms with Crippen LogP contribution < -0.4 is 14.8 Å². The molecule has 0 amide bonds. The van der Waals surface area contributed by atoms with Crippen LogP contribution in [0.2, 0.25) is 0 Å². The van der Waals surface area contributed by atoms with Gasteiger partial charge in [-0.2, -0.15) is 0 Å². The average Bonchev–Trinajstić information content (AvgIpc) is 2.67. The lowest BCUT2D eigenvalue weighted by molar-refractivity contribution is 0.171. The summed E-state index contributed by atoms with van der Waals surface area (Å²) in [5.74, 6) is 1.62. The molecule has 15 heavy (non-hydrogen) atoms. The van der Waals surface area contributed by atoms with Crippen LogP contribution in [-0.4, -0.2) is 31.0 Å². The quantitative estimate of drug-likeness (QED) is 0.714. The van der Waals surface area contributed by atoms with E-state index in [-0.39, 0.29) is 12.6 Å². The highest BCUT2D eigenvalue weighted by Crippen LogP contribution is 2.38. The van der Waals surface area contributed by atoms with Crippen molar-refractivity contribution in [2.24, 2.45) is 0 Å². The SMILES string of the molecule is OCC1Cc2cc3c(cc2N1)OCCO3. The van der Waals surface area contributed by atoms with Crippen molar-refractivity contribution in [2.45, 2.75) is 12.5 Å². The monoisotopic (exact) mass is 207 g/mol. The molecule has 3 rings (SSSR count). The van der Waals surface area contributed by atoms with Crippen molar-refractivity contribution in [3.05, 3.63) is 17.7 Å². The highest BCUT2D eigenvalue weighted by molar-refractivity contribution is 5.64. The Balaban J connectivity index is 1.97. The standard InChI is InChI=1S/C11H13NO3/c13-6-8-3-7-4-10-11(5-9(7)12-8)15-2-1-14-10/h4-5,8,12-13H,1-3,6H2. The number of aliphatic hydroxyl groups excluding tert-OH is 1. The van der Waals surface area contributed by atoms with Crippen LogP contribution >= 0.6 is 0 Å². The maximum atomic E-state index is 9.08. The number of fused-ring (bicyclic) bond motifs is 2. The molecule has 0 spiro atoms. The summed E-state index contributed by atoms with van der Waals surface area (Å²) in [6, 6.07) is 4.09. The van der Waals surface area contributed by atoms with Crippen LogP contribution in [0.3, 0.4) is 0 Å². The minimum atomic E-state index is 0.129. The molecule has 1 aromatic rings. The summed E-state index contributed by atoms with van der Waals surface area (Å²) in [6.45, 7) is 1.37. The molecule has 1 aromatic carbocycles. The summed E-state index contributed by atoms with van der Waals surface area (Å²) in [6.07, 6.45) is 0.850. The summed E-state index contributed by atoms with van der Waals surface area (Å²) in [7, 11) is 0. The van der Waals surface area contributed by atoms with Gasteiger partial charge in [-0.1, -0.05) is 0 Å². The van der Waals surface area contributed by atoms with Crippen molar-refractivity contribution in [3.63, 3.8) is 0 Å². The van der Waals surface area contributed by atoms with Crippen LogP contribution in [0, 0.1) is 0 Å². The van der Waals surface area contributed by atoms with E-state index in [9.17, 15) is 0 Å². The van der Waals surface area contributed by atoms with Crippen molar-refractivity contribution >= 4 is 5.69 Å². The Morgan fingerprint density at radius 3 is 2.73 bits per heavy atom. The molecule has 2 N–H and O–H groups in total. The minimum absolute atomic E-state index is 0.129. The second kappa shape index (κ2) is 3.31. The number of rotatable bonds is 1. The topological polar surface area (TPSA) is 50.7 Å². The van der Waals surface area contributed by atoms with Gasteiger partial charge in [-0.3, -0.25) is 0 Å². The predicted octanol–water partition coefficient (Wildman–Crippen LogP) is 0.787. The Labute approximate surface area is 87.8 Å². The molecule has 1 atom stereocenters. The molecule has 0 aliphatic carbocycles. The minimum Gasteiger partial charge on any atom is -0.486 e. The number of nitrogens with one attached hydrogen (secondary N) is 1. The Morgan fingerprint density at radius 1 is 1.27 bits per heavy atom. The van der Waals surface area contributed by atoms with E-state index in [1.165, 1.54) is 5.56 Å². The number of hydrogen-bond acceptors (Lipinski definition) is 4. The van der Waals surface area contributed by atoms with E-state index in [1.54, 1.807) is 0 Å². The van der Waals surface area contributed by atoms with E-state index >= 15 is 0 Å². The van der Waals surface area contributed by atoms with Crippen molar-refractivity contribution in [1.82, 2.24) is 0 Å². The summed E-state index contributed by atoms with van der Waals surface area (Å²) < 4.78 is 11.0. The van der Waals surface area contributed by atoms with Crippen molar-refractivity contribution in [3.8, 4) is 11.5 Å². The first-order valence-electron chi connectivity index (χ1n) is 5.17. The van der Waals surface area contributed by atoms with E-state index in [0.29, 0.717) is 13.2 Å². The molecule has 0 bridgehead atoms. The highest BCUT2D eigenvalue weighted by Gasteiger charge is 2.23. The van der Waals surface area contributed by atoms with Crippen molar-refractivity contribution in [1.29, 1.82) is 0 Å². The summed E-state index contributed by atoms with van der Waals surface area (Å²) >= 11 is 0. The molecule has 0 fully saturated rings. The maximum Gasteiger partial charge on any atom is 0.163 e. The molecule has 4 nitrogen and oxygen atoms in total. The molecule has 2 heterocycles. The zero-order valence-corrected chi connectivity index (χ0v) is 8.32. The van der Waals surface area contributed by atoms with Gasteiger partial charge < -0.3 is 19.9 Å². The first-order chi connectivity index (χ1) is 7.36. The van der Waals surface area contributed by atoms with Gasteiger partial charge in [-0.05, 0) is 18.1 Å². The second-order valence-electron chi connectivity index (χ2n) is 3.88. The van der Waals surface area contributed by atoms with Crippen LogP contribution in [0.15, 0.2) is 12.1 Å². The van der Waals surface area contributed by atoms with Gasteiger partial charge in [0.2, 0.25) is 0 Å². The third-order valence-corrected chi connectivity index (χ3v) is 2.81. The van der Waals surface area contributed by atoms with Crippen LogP contribution in [0.1, 0.15) is 5.56 Å². The zero-order valence-electron chi connectivity index (χ0n) is 8.32. The third-order valence-electron chi connectivity index (χ3n) is 2.81. The summed E-state index contributed by atoms with van der Waals surface area (Å²) in [4.78, 5) is 0. The van der Waals surface area contributed by atoms with Gasteiger partial charge in [0.05, 0.1) is 12.6 Å². The lowest BCUT2D eigenvalue weighted by atomic mass is 10.1. The van der Waals surface area contributed by atoms with E-state index < -0.39 is 0 Å². The first-order valence-corrected chi connectivity index (χ1v) is 5.17. The van der Waals surface area contributed by atoms with Crippen LogP contribution in [0.25, 0.3) is 0 Å². The van der Waals surface area contributed by atoms with E-state index in [1.807, 2.05) is 12.1 Å². The molecule has 0 saturated carbocycles. The molecule has 0 radical (unpaired) electrons. The van der Waals surface area contributed by atoms with Gasteiger partial charge in [0, 0.05) is 11.8 Å².